The topological polar surface area (TPSA) is 30.7 Å². The zero-order valence-corrected chi connectivity index (χ0v) is 12.4. The largest absolute Gasteiger partial charge is 0.327 e. The zero-order chi connectivity index (χ0) is 14.8. The summed E-state index contributed by atoms with van der Waals surface area (Å²) in [4.78, 5) is 8.44. The van der Waals surface area contributed by atoms with Gasteiger partial charge < -0.3 is 4.57 Å². The first-order valence-corrected chi connectivity index (χ1v) is 7.32. The Kier molecular flexibility index (Phi) is 3.88. The summed E-state index contributed by atoms with van der Waals surface area (Å²) in [5.41, 5.74) is 3.40. The molecule has 21 heavy (non-hydrogen) atoms. The van der Waals surface area contributed by atoms with Crippen molar-refractivity contribution in [2.75, 3.05) is 0 Å². The third-order valence-corrected chi connectivity index (χ3v) is 3.84. The molecule has 0 aliphatic rings. The second kappa shape index (κ2) is 5.82. The molecule has 0 bridgehead atoms. The van der Waals surface area contributed by atoms with E-state index in [9.17, 15) is 4.39 Å². The van der Waals surface area contributed by atoms with Crippen molar-refractivity contribution in [3.63, 3.8) is 0 Å². The summed E-state index contributed by atoms with van der Waals surface area (Å²) in [6.07, 6.45) is 4.42. The molecule has 0 saturated carbocycles. The Morgan fingerprint density at radius 2 is 2.00 bits per heavy atom. The first kappa shape index (κ1) is 14.0. The fourth-order valence-electron chi connectivity index (χ4n) is 2.44. The SMILES string of the molecule is Cc1cc2c(cc1F)nc(CCl)n2CCc1ccncc1. The van der Waals surface area contributed by atoms with Gasteiger partial charge in [0.1, 0.15) is 11.6 Å². The first-order chi connectivity index (χ1) is 10.2. The predicted molar refractivity (Wildman–Crippen MR) is 81.9 cm³/mol. The molecule has 0 radical (unpaired) electrons. The summed E-state index contributed by atoms with van der Waals surface area (Å²) in [6.45, 7) is 2.52. The third-order valence-electron chi connectivity index (χ3n) is 3.60. The fourth-order valence-corrected chi connectivity index (χ4v) is 2.65. The highest BCUT2D eigenvalue weighted by molar-refractivity contribution is 6.16. The molecule has 1 aromatic carbocycles. The van der Waals surface area contributed by atoms with E-state index in [2.05, 4.69) is 14.5 Å². The monoisotopic (exact) mass is 303 g/mol. The van der Waals surface area contributed by atoms with Gasteiger partial charge in [0.15, 0.2) is 0 Å². The van der Waals surface area contributed by atoms with Gasteiger partial charge in [0.2, 0.25) is 0 Å². The van der Waals surface area contributed by atoms with Crippen molar-refractivity contribution in [1.82, 2.24) is 14.5 Å². The number of benzene rings is 1. The second-order valence-electron chi connectivity index (χ2n) is 5.01. The number of aromatic nitrogens is 3. The quantitative estimate of drug-likeness (QED) is 0.685. The van der Waals surface area contributed by atoms with E-state index in [1.807, 2.05) is 18.2 Å². The van der Waals surface area contributed by atoms with Crippen LogP contribution in [-0.2, 0) is 18.8 Å². The maximum atomic E-state index is 13.7. The Hall–Kier alpha value is -1.94. The van der Waals surface area contributed by atoms with Crippen molar-refractivity contribution < 1.29 is 4.39 Å². The minimum atomic E-state index is -0.234. The number of fused-ring (bicyclic) bond motifs is 1. The van der Waals surface area contributed by atoms with E-state index < -0.39 is 0 Å². The van der Waals surface area contributed by atoms with Crippen LogP contribution in [0.3, 0.4) is 0 Å². The number of nitrogens with zero attached hydrogens (tertiary/aromatic N) is 3. The van der Waals surface area contributed by atoms with Crippen LogP contribution in [0.5, 0.6) is 0 Å². The number of hydrogen-bond acceptors (Lipinski definition) is 2. The standard InChI is InChI=1S/C16H15ClFN3/c1-11-8-15-14(9-13(11)18)20-16(10-17)21(15)7-4-12-2-5-19-6-3-12/h2-3,5-6,8-9H,4,7,10H2,1H3. The third kappa shape index (κ3) is 2.76. The lowest BCUT2D eigenvalue weighted by atomic mass is 10.2. The maximum absolute atomic E-state index is 13.7. The highest BCUT2D eigenvalue weighted by atomic mass is 35.5. The van der Waals surface area contributed by atoms with Gasteiger partial charge in [-0.05, 0) is 42.7 Å². The van der Waals surface area contributed by atoms with E-state index >= 15 is 0 Å². The lowest BCUT2D eigenvalue weighted by molar-refractivity contribution is 0.620. The number of aryl methyl sites for hydroxylation is 3. The molecule has 0 spiro atoms. The molecule has 0 saturated heterocycles. The van der Waals surface area contributed by atoms with Crippen LogP contribution in [0.1, 0.15) is 17.0 Å². The van der Waals surface area contributed by atoms with Crippen LogP contribution in [0.25, 0.3) is 11.0 Å². The molecule has 0 unspecified atom stereocenters. The molecule has 108 valence electrons. The van der Waals surface area contributed by atoms with Crippen LogP contribution in [0.4, 0.5) is 4.39 Å². The van der Waals surface area contributed by atoms with E-state index in [1.54, 1.807) is 19.3 Å². The van der Waals surface area contributed by atoms with Gasteiger partial charge >= 0.3 is 0 Å². The molecule has 0 fully saturated rings. The minimum absolute atomic E-state index is 0.234. The molecule has 0 atom stereocenters. The van der Waals surface area contributed by atoms with Crippen molar-refractivity contribution in [1.29, 1.82) is 0 Å². The Morgan fingerprint density at radius 1 is 1.24 bits per heavy atom. The number of hydrogen-bond donors (Lipinski definition) is 0. The highest BCUT2D eigenvalue weighted by Crippen LogP contribution is 2.22. The molecule has 3 aromatic rings. The molecule has 2 heterocycles. The molecule has 3 nitrogen and oxygen atoms in total. The van der Waals surface area contributed by atoms with Crippen molar-refractivity contribution in [2.24, 2.45) is 0 Å². The Bertz CT molecular complexity index is 768. The smallest absolute Gasteiger partial charge is 0.128 e. The molecule has 2 aromatic heterocycles. The number of imidazole rings is 1. The molecule has 0 N–H and O–H groups in total. The Morgan fingerprint density at radius 3 is 2.71 bits per heavy atom. The predicted octanol–water partition coefficient (Wildman–Crippen LogP) is 3.86. The van der Waals surface area contributed by atoms with E-state index in [0.29, 0.717) is 17.0 Å². The molecule has 0 aliphatic heterocycles. The number of pyridine rings is 1. The summed E-state index contributed by atoms with van der Waals surface area (Å²) in [5.74, 6) is 0.847. The van der Waals surface area contributed by atoms with Crippen LogP contribution in [-0.4, -0.2) is 14.5 Å². The van der Waals surface area contributed by atoms with E-state index in [4.69, 9.17) is 11.6 Å². The Balaban J connectivity index is 1.98. The normalized spacial score (nSPS) is 11.2. The molecular weight excluding hydrogens is 289 g/mol. The average molecular weight is 304 g/mol. The van der Waals surface area contributed by atoms with Crippen LogP contribution in [0.2, 0.25) is 0 Å². The fraction of sp³-hybridized carbons (Fsp3) is 0.250. The number of rotatable bonds is 4. The molecule has 0 amide bonds. The highest BCUT2D eigenvalue weighted by Gasteiger charge is 2.12. The van der Waals surface area contributed by atoms with Gasteiger partial charge in [-0.15, -0.1) is 11.6 Å². The van der Waals surface area contributed by atoms with Crippen molar-refractivity contribution in [3.8, 4) is 0 Å². The van der Waals surface area contributed by atoms with Gasteiger partial charge in [-0.3, -0.25) is 4.98 Å². The lowest BCUT2D eigenvalue weighted by Gasteiger charge is -2.08. The minimum Gasteiger partial charge on any atom is -0.327 e. The number of alkyl halides is 1. The molecule has 0 aliphatic carbocycles. The van der Waals surface area contributed by atoms with Gasteiger partial charge in [-0.1, -0.05) is 0 Å². The second-order valence-corrected chi connectivity index (χ2v) is 5.28. The van der Waals surface area contributed by atoms with Gasteiger partial charge in [0.05, 0.1) is 16.9 Å². The average Bonchev–Trinajstić information content (AvgIpc) is 2.83. The van der Waals surface area contributed by atoms with Crippen molar-refractivity contribution in [2.45, 2.75) is 25.8 Å². The summed E-state index contributed by atoms with van der Waals surface area (Å²) < 4.78 is 15.7. The van der Waals surface area contributed by atoms with Crippen molar-refractivity contribution >= 4 is 22.6 Å². The summed E-state index contributed by atoms with van der Waals surface area (Å²) in [6, 6.07) is 7.29. The zero-order valence-electron chi connectivity index (χ0n) is 11.7. The van der Waals surface area contributed by atoms with Gasteiger partial charge in [0.25, 0.3) is 0 Å². The van der Waals surface area contributed by atoms with Gasteiger partial charge in [0, 0.05) is 25.0 Å². The van der Waals surface area contributed by atoms with Crippen LogP contribution < -0.4 is 0 Å². The first-order valence-electron chi connectivity index (χ1n) is 6.79. The summed E-state index contributed by atoms with van der Waals surface area (Å²) >= 11 is 5.98. The summed E-state index contributed by atoms with van der Waals surface area (Å²) in [5, 5.41) is 0. The molecule has 5 heteroatoms. The van der Waals surface area contributed by atoms with Crippen molar-refractivity contribution in [3.05, 3.63) is 59.4 Å². The van der Waals surface area contributed by atoms with Crippen LogP contribution in [0.15, 0.2) is 36.7 Å². The maximum Gasteiger partial charge on any atom is 0.128 e. The number of halogens is 2. The van der Waals surface area contributed by atoms with E-state index in [0.717, 1.165) is 24.3 Å². The Labute approximate surface area is 127 Å². The van der Waals surface area contributed by atoms with Crippen LogP contribution >= 0.6 is 11.6 Å². The van der Waals surface area contributed by atoms with Gasteiger partial charge in [-0.25, -0.2) is 9.37 Å². The summed E-state index contributed by atoms with van der Waals surface area (Å²) in [7, 11) is 0. The lowest BCUT2D eigenvalue weighted by Crippen LogP contribution is -2.05. The van der Waals surface area contributed by atoms with E-state index in [-0.39, 0.29) is 5.82 Å². The van der Waals surface area contributed by atoms with Crippen LogP contribution in [0, 0.1) is 12.7 Å². The van der Waals surface area contributed by atoms with E-state index in [1.165, 1.54) is 11.6 Å². The molecule has 3 rings (SSSR count). The van der Waals surface area contributed by atoms with Gasteiger partial charge in [-0.2, -0.15) is 0 Å². The molecular formula is C16H15ClFN3.